The molecule has 0 spiro atoms. The minimum atomic E-state index is -1.96. The Bertz CT molecular complexity index is 3560. The third-order valence-electron chi connectivity index (χ3n) is 15.3. The molecule has 6 N–H and O–H groups in total. The maximum atomic E-state index is 13.3. The van der Waals surface area contributed by atoms with Crippen LogP contribution in [0.1, 0.15) is 89.7 Å². The second-order valence-corrected chi connectivity index (χ2v) is 22.2. The van der Waals surface area contributed by atoms with Crippen molar-refractivity contribution in [3.63, 3.8) is 0 Å². The van der Waals surface area contributed by atoms with E-state index < -0.39 is 84.7 Å². The fourth-order valence-corrected chi connectivity index (χ4v) is 11.3. The number of hydrogen-bond donors (Lipinski definition) is 6. The first kappa shape index (κ1) is 65.7. The van der Waals surface area contributed by atoms with Gasteiger partial charge in [-0.1, -0.05) is 84.4 Å². The van der Waals surface area contributed by atoms with Crippen molar-refractivity contribution >= 4 is 82.8 Å². The van der Waals surface area contributed by atoms with Gasteiger partial charge in [-0.2, -0.15) is 0 Å². The van der Waals surface area contributed by atoms with Crippen LogP contribution in [-0.4, -0.2) is 158 Å². The topological polar surface area (TPSA) is 331 Å². The minimum Gasteiger partial charge on any atom is -0.479 e. The molecule has 0 saturated carbocycles. The highest BCUT2D eigenvalue weighted by atomic mass is 35.5. The zero-order valence-corrected chi connectivity index (χ0v) is 50.9. The molecule has 2 saturated heterocycles. The average Bonchev–Trinajstić information content (AvgIpc) is 1.82. The highest BCUT2D eigenvalue weighted by Crippen LogP contribution is 2.45. The molecule has 4 aliphatic rings. The molecule has 6 atom stereocenters. The van der Waals surface area contributed by atoms with E-state index in [2.05, 4.69) is 26.6 Å². The lowest BCUT2D eigenvalue weighted by atomic mass is 9.97. The van der Waals surface area contributed by atoms with E-state index in [1.54, 1.807) is 48.5 Å². The van der Waals surface area contributed by atoms with Crippen LogP contribution < -0.4 is 31.3 Å². The molecular formula is C64H68ClN7O19. The van der Waals surface area contributed by atoms with E-state index in [0.717, 1.165) is 54.2 Å². The number of nitrogens with zero attached hydrogens (tertiary/aromatic N) is 2. The first-order valence-electron chi connectivity index (χ1n) is 29.3. The van der Waals surface area contributed by atoms with Crippen molar-refractivity contribution in [1.29, 1.82) is 0 Å². The lowest BCUT2D eigenvalue weighted by Gasteiger charge is -2.42. The van der Waals surface area contributed by atoms with Crippen molar-refractivity contribution in [3.05, 3.63) is 147 Å². The highest BCUT2D eigenvalue weighted by Gasteiger charge is 2.56. The maximum absolute atomic E-state index is 13.3. The summed E-state index contributed by atoms with van der Waals surface area (Å²) in [6, 6.07) is 29.6. The molecule has 2 fully saturated rings. The number of aliphatic carboxylic acids is 1. The van der Waals surface area contributed by atoms with Crippen LogP contribution in [0.5, 0.6) is 5.75 Å². The number of rotatable bonds is 25. The number of ether oxygens (including phenoxy) is 8. The van der Waals surface area contributed by atoms with Crippen LogP contribution in [-0.2, 0) is 88.0 Å². The number of halogens is 1. The fourth-order valence-electron chi connectivity index (χ4n) is 11.0. The van der Waals surface area contributed by atoms with E-state index in [1.807, 2.05) is 48.5 Å². The SMILES string of the molecule is CC(=O)O[C@@H]1[C@@H](OC(C)=O)[C@H](Oc2ccc(COC(=O)N(C)CCOCCc3ccc(NC(=O)NCc4ccc5c(c4)CN(C4CCC(=O)NC4=O)C5=O)cc3Cl)cc2NCCCNC(=O)OCC2c3ccccc3-c3ccccc32)O[C@H](C(=O)O)[C@H]1OC(C)=O. The van der Waals surface area contributed by atoms with Crippen molar-refractivity contribution in [3.8, 4) is 16.9 Å². The van der Waals surface area contributed by atoms with Gasteiger partial charge in [0.1, 0.15) is 25.0 Å². The van der Waals surface area contributed by atoms with Crippen molar-refractivity contribution in [1.82, 2.24) is 25.8 Å². The van der Waals surface area contributed by atoms with Crippen molar-refractivity contribution in [2.45, 2.75) is 109 Å². The Hall–Kier alpha value is -9.79. The standard InChI is InChI=1S/C64H68ClN7O19/c1-35(73)87-54-55(88-36(2)74)57(89-37(3)75)61(91-56(54)60(79)80)90-52-20-15-39(29-50(52)66-23-9-24-67-63(82)85-34-48-46-12-7-5-10-44(46)45-11-6-8-13-47(45)48)33-86-64(83)71(4)25-27-84-26-22-40-16-17-42(30-49(40)65)69-62(81)68-31-38-14-18-43-41(28-38)32-72(59(43)78)51-19-21-53(76)70-58(51)77/h5-8,10-18,20,28-30,48,51,54-57,61,66H,9,19,21-27,31-34H2,1-4H3,(H,67,82)(H,79,80)(H2,68,69,81)(H,70,76,77)/t51?,54-,55-,56-,57+,61+/m0/s1. The van der Waals surface area contributed by atoms with E-state index in [1.165, 1.54) is 22.9 Å². The van der Waals surface area contributed by atoms with Crippen LogP contribution in [0.15, 0.2) is 103 Å². The number of anilines is 2. The van der Waals surface area contributed by atoms with Gasteiger partial charge in [0.05, 0.1) is 18.9 Å². The summed E-state index contributed by atoms with van der Waals surface area (Å²) >= 11 is 6.59. The van der Waals surface area contributed by atoms with Gasteiger partial charge in [0.25, 0.3) is 5.91 Å². The largest absolute Gasteiger partial charge is 0.479 e. The third kappa shape index (κ3) is 16.7. The smallest absolute Gasteiger partial charge is 0.409 e. The first-order chi connectivity index (χ1) is 43.7. The Kier molecular flexibility index (Phi) is 21.7. The number of urea groups is 1. The molecule has 1 aliphatic carbocycles. The molecule has 3 heterocycles. The normalized spacial score (nSPS) is 18.9. The van der Waals surface area contributed by atoms with E-state index in [0.29, 0.717) is 40.2 Å². The molecule has 91 heavy (non-hydrogen) atoms. The van der Waals surface area contributed by atoms with Gasteiger partial charge in [0, 0.05) is 89.2 Å². The summed E-state index contributed by atoms with van der Waals surface area (Å²) in [5.41, 5.74) is 8.12. The average molecular weight is 1270 g/mol. The number of piperidine rings is 1. The van der Waals surface area contributed by atoms with Crippen LogP contribution >= 0.6 is 11.6 Å². The van der Waals surface area contributed by atoms with Crippen LogP contribution in [0.2, 0.25) is 5.02 Å². The first-order valence-corrected chi connectivity index (χ1v) is 29.7. The molecule has 9 rings (SSSR count). The second kappa shape index (κ2) is 30.1. The monoisotopic (exact) mass is 1270 g/mol. The number of carboxylic acid groups (broad SMARTS) is 1. The summed E-state index contributed by atoms with van der Waals surface area (Å²) in [6.45, 7) is 4.21. The number of likely N-dealkylation sites (N-methyl/N-ethyl adjacent to an activating group) is 1. The number of carbonyl (C=O) groups excluding carboxylic acids is 9. The molecule has 27 heteroatoms. The zero-order valence-electron chi connectivity index (χ0n) is 50.1. The Morgan fingerprint density at radius 1 is 0.758 bits per heavy atom. The predicted octanol–water partition coefficient (Wildman–Crippen LogP) is 6.57. The van der Waals surface area contributed by atoms with E-state index in [4.69, 9.17) is 49.5 Å². The lowest BCUT2D eigenvalue weighted by Crippen LogP contribution is -2.64. The van der Waals surface area contributed by atoms with Crippen molar-refractivity contribution in [2.75, 3.05) is 57.1 Å². The highest BCUT2D eigenvalue weighted by molar-refractivity contribution is 6.31. The number of amides is 7. The maximum Gasteiger partial charge on any atom is 0.409 e. The predicted molar refractivity (Wildman–Crippen MR) is 323 cm³/mol. The van der Waals surface area contributed by atoms with Gasteiger partial charge >= 0.3 is 42.1 Å². The number of hydrogen-bond acceptors (Lipinski definition) is 19. The van der Waals surface area contributed by atoms with Gasteiger partial charge in [-0.25, -0.2) is 19.2 Å². The molecule has 5 aromatic carbocycles. The van der Waals surface area contributed by atoms with Crippen LogP contribution in [0.3, 0.4) is 0 Å². The number of carboxylic acids is 1. The molecule has 5 aromatic rings. The van der Waals surface area contributed by atoms with Crippen LogP contribution in [0, 0.1) is 0 Å². The fraction of sp³-hybridized carbons (Fsp3) is 0.375. The zero-order chi connectivity index (χ0) is 64.9. The van der Waals surface area contributed by atoms with E-state index in [-0.39, 0.29) is 101 Å². The molecule has 0 bridgehead atoms. The Labute approximate surface area is 527 Å². The van der Waals surface area contributed by atoms with Gasteiger partial charge in [-0.15, -0.1) is 0 Å². The van der Waals surface area contributed by atoms with Crippen molar-refractivity contribution < 1.29 is 90.9 Å². The molecule has 3 aliphatic heterocycles. The summed E-state index contributed by atoms with van der Waals surface area (Å²) < 4.78 is 45.4. The molecule has 0 aromatic heterocycles. The number of alkyl carbamates (subject to hydrolysis) is 1. The van der Waals surface area contributed by atoms with Crippen molar-refractivity contribution in [2.24, 2.45) is 0 Å². The molecule has 0 radical (unpaired) electrons. The van der Waals surface area contributed by atoms with Gasteiger partial charge in [-0.3, -0.25) is 34.1 Å². The van der Waals surface area contributed by atoms with E-state index in [9.17, 15) is 53.1 Å². The summed E-state index contributed by atoms with van der Waals surface area (Å²) in [5, 5.41) is 24.4. The molecular weight excluding hydrogens is 1210 g/mol. The number of esters is 3. The van der Waals surface area contributed by atoms with Gasteiger partial charge in [0.15, 0.2) is 18.3 Å². The van der Waals surface area contributed by atoms with Crippen LogP contribution in [0.4, 0.5) is 25.8 Å². The Morgan fingerprint density at radius 3 is 2.14 bits per heavy atom. The summed E-state index contributed by atoms with van der Waals surface area (Å²) in [4.78, 5) is 129. The molecule has 1 unspecified atom stereocenters. The Morgan fingerprint density at radius 2 is 1.45 bits per heavy atom. The van der Waals surface area contributed by atoms with Crippen LogP contribution in [0.25, 0.3) is 11.1 Å². The van der Waals surface area contributed by atoms with Gasteiger partial charge in [0.2, 0.25) is 24.2 Å². The number of benzene rings is 5. The molecule has 7 amide bonds. The number of carbonyl (C=O) groups is 10. The lowest BCUT2D eigenvalue weighted by molar-refractivity contribution is -0.281. The van der Waals surface area contributed by atoms with Gasteiger partial charge < -0.3 is 74.1 Å². The van der Waals surface area contributed by atoms with E-state index >= 15 is 0 Å². The summed E-state index contributed by atoms with van der Waals surface area (Å²) in [6.07, 6.45) is -9.01. The Balaban J connectivity index is 0.754. The quantitative estimate of drug-likeness (QED) is 0.0156. The molecule has 480 valence electrons. The third-order valence-corrected chi connectivity index (χ3v) is 15.7. The number of fused-ring (bicyclic) bond motifs is 4. The summed E-state index contributed by atoms with van der Waals surface area (Å²) in [5.74, 6) is -5.64. The number of nitrogens with one attached hydrogen (secondary N) is 5. The summed E-state index contributed by atoms with van der Waals surface area (Å²) in [7, 11) is 1.53. The number of imide groups is 1. The second-order valence-electron chi connectivity index (χ2n) is 21.8. The van der Waals surface area contributed by atoms with Gasteiger partial charge in [-0.05, 0) is 94.1 Å². The minimum absolute atomic E-state index is 0.0125. The molecule has 26 nitrogen and oxygen atoms in total.